The van der Waals surface area contributed by atoms with Gasteiger partial charge in [0.05, 0.1) is 10.7 Å². The third kappa shape index (κ3) is 3.12. The summed E-state index contributed by atoms with van der Waals surface area (Å²) >= 11 is 7.02. The molecule has 92 valence electrons. The molecule has 0 aliphatic rings. The summed E-state index contributed by atoms with van der Waals surface area (Å²) in [6, 6.07) is 4.11. The van der Waals surface area contributed by atoms with E-state index >= 15 is 0 Å². The number of benzene rings is 1. The van der Waals surface area contributed by atoms with Gasteiger partial charge in [0.15, 0.2) is 0 Å². The third-order valence-electron chi connectivity index (χ3n) is 2.67. The van der Waals surface area contributed by atoms with Gasteiger partial charge in [0.1, 0.15) is 5.58 Å². The number of fused-ring (bicyclic) bond motifs is 1. The van der Waals surface area contributed by atoms with E-state index in [1.807, 2.05) is 12.3 Å². The van der Waals surface area contributed by atoms with Gasteiger partial charge in [-0.1, -0.05) is 22.9 Å². The van der Waals surface area contributed by atoms with Crippen molar-refractivity contribution in [2.75, 3.05) is 13.1 Å². The van der Waals surface area contributed by atoms with Crippen molar-refractivity contribution in [3.63, 3.8) is 0 Å². The molecule has 0 bridgehead atoms. The smallest absolute Gasteiger partial charge is 0.148 e. The summed E-state index contributed by atoms with van der Waals surface area (Å²) in [6.07, 6.45) is 4.02. The molecule has 4 heteroatoms. The van der Waals surface area contributed by atoms with E-state index in [0.717, 1.165) is 34.0 Å². The number of hydrogen-bond donors (Lipinski definition) is 1. The van der Waals surface area contributed by atoms with Crippen molar-refractivity contribution in [3.05, 3.63) is 32.9 Å². The molecule has 1 aromatic heterocycles. The number of rotatable bonds is 5. The van der Waals surface area contributed by atoms with Gasteiger partial charge in [-0.15, -0.1) is 0 Å². The summed E-state index contributed by atoms with van der Waals surface area (Å²) in [5, 5.41) is 4.59. The van der Waals surface area contributed by atoms with E-state index in [9.17, 15) is 0 Å². The molecular weight excluding hydrogens is 346 g/mol. The van der Waals surface area contributed by atoms with Crippen LogP contribution < -0.4 is 5.32 Å². The van der Waals surface area contributed by atoms with Crippen molar-refractivity contribution < 1.29 is 4.42 Å². The first-order chi connectivity index (χ1) is 8.22. The molecule has 2 rings (SSSR count). The van der Waals surface area contributed by atoms with E-state index in [1.165, 1.54) is 17.4 Å². The Labute approximate surface area is 118 Å². The molecule has 2 aromatic rings. The van der Waals surface area contributed by atoms with Crippen molar-refractivity contribution in [3.8, 4) is 0 Å². The van der Waals surface area contributed by atoms with Crippen molar-refractivity contribution >= 4 is 42.8 Å². The summed E-state index contributed by atoms with van der Waals surface area (Å²) in [6.45, 7) is 4.24. The molecule has 17 heavy (non-hydrogen) atoms. The minimum absolute atomic E-state index is 0.929. The Morgan fingerprint density at radius 1 is 1.24 bits per heavy atom. The maximum Gasteiger partial charge on any atom is 0.148 e. The predicted molar refractivity (Wildman–Crippen MR) is 78.5 cm³/mol. The second kappa shape index (κ2) is 6.03. The minimum Gasteiger partial charge on any atom is -0.463 e. The van der Waals surface area contributed by atoms with Crippen LogP contribution in [0.1, 0.15) is 18.9 Å². The third-order valence-corrected chi connectivity index (χ3v) is 3.72. The second-order valence-electron chi connectivity index (χ2n) is 4.03. The van der Waals surface area contributed by atoms with Crippen LogP contribution in [0.5, 0.6) is 0 Å². The maximum absolute atomic E-state index is 5.60. The van der Waals surface area contributed by atoms with Crippen LogP contribution in [0.3, 0.4) is 0 Å². The molecule has 0 aliphatic heterocycles. The molecule has 1 N–H and O–H groups in total. The lowest BCUT2D eigenvalue weighted by atomic mass is 10.1. The van der Waals surface area contributed by atoms with Gasteiger partial charge in [0.25, 0.3) is 0 Å². The van der Waals surface area contributed by atoms with Crippen LogP contribution >= 0.6 is 31.9 Å². The van der Waals surface area contributed by atoms with Crippen molar-refractivity contribution in [2.24, 2.45) is 0 Å². The standard InChI is InChI=1S/C13H15Br2NO/c1-2-4-16-5-3-9-8-17-13-11(9)6-10(14)7-12(13)15/h6-8,16H,2-5H2,1H3. The average molecular weight is 361 g/mol. The summed E-state index contributed by atoms with van der Waals surface area (Å²) in [5.74, 6) is 0. The zero-order valence-corrected chi connectivity index (χ0v) is 12.9. The quantitative estimate of drug-likeness (QED) is 0.794. The molecule has 0 saturated heterocycles. The van der Waals surface area contributed by atoms with Crippen LogP contribution in [0.2, 0.25) is 0 Å². The Bertz CT molecular complexity index is 507. The number of nitrogens with one attached hydrogen (secondary N) is 1. The normalized spacial score (nSPS) is 11.2. The first-order valence-corrected chi connectivity index (χ1v) is 7.36. The topological polar surface area (TPSA) is 25.2 Å². The monoisotopic (exact) mass is 359 g/mol. The van der Waals surface area contributed by atoms with E-state index < -0.39 is 0 Å². The van der Waals surface area contributed by atoms with Gasteiger partial charge in [0.2, 0.25) is 0 Å². The van der Waals surface area contributed by atoms with E-state index in [2.05, 4.69) is 50.2 Å². The van der Waals surface area contributed by atoms with Crippen molar-refractivity contribution in [1.82, 2.24) is 5.32 Å². The van der Waals surface area contributed by atoms with E-state index in [-0.39, 0.29) is 0 Å². The molecule has 0 amide bonds. The van der Waals surface area contributed by atoms with Crippen LogP contribution in [0.4, 0.5) is 0 Å². The fraction of sp³-hybridized carbons (Fsp3) is 0.385. The summed E-state index contributed by atoms with van der Waals surface area (Å²) in [7, 11) is 0. The fourth-order valence-corrected chi connectivity index (χ4v) is 3.15. The van der Waals surface area contributed by atoms with Crippen LogP contribution in [0, 0.1) is 0 Å². The van der Waals surface area contributed by atoms with Gasteiger partial charge in [0, 0.05) is 9.86 Å². The minimum atomic E-state index is 0.929. The molecule has 2 nitrogen and oxygen atoms in total. The zero-order chi connectivity index (χ0) is 12.3. The molecule has 0 aliphatic carbocycles. The highest BCUT2D eigenvalue weighted by molar-refractivity contribution is 9.11. The highest BCUT2D eigenvalue weighted by Crippen LogP contribution is 2.32. The Kier molecular flexibility index (Phi) is 4.65. The van der Waals surface area contributed by atoms with E-state index in [4.69, 9.17) is 4.42 Å². The van der Waals surface area contributed by atoms with Gasteiger partial charge in [-0.25, -0.2) is 0 Å². The largest absolute Gasteiger partial charge is 0.463 e. The van der Waals surface area contributed by atoms with Crippen LogP contribution in [0.25, 0.3) is 11.0 Å². The van der Waals surface area contributed by atoms with Crippen LogP contribution in [-0.2, 0) is 6.42 Å². The molecular formula is C13H15Br2NO. The lowest BCUT2D eigenvalue weighted by Gasteiger charge is -2.02. The lowest BCUT2D eigenvalue weighted by Crippen LogP contribution is -2.17. The first-order valence-electron chi connectivity index (χ1n) is 5.78. The number of halogens is 2. The Morgan fingerprint density at radius 3 is 2.82 bits per heavy atom. The molecule has 1 aromatic carbocycles. The Hall–Kier alpha value is -0.320. The Morgan fingerprint density at radius 2 is 2.06 bits per heavy atom. The van der Waals surface area contributed by atoms with Crippen molar-refractivity contribution in [2.45, 2.75) is 19.8 Å². The van der Waals surface area contributed by atoms with E-state index in [1.54, 1.807) is 0 Å². The molecule has 0 unspecified atom stereocenters. The molecule has 1 heterocycles. The highest BCUT2D eigenvalue weighted by Gasteiger charge is 2.09. The molecule has 0 fully saturated rings. The van der Waals surface area contributed by atoms with Crippen LogP contribution in [0.15, 0.2) is 31.8 Å². The molecule has 0 saturated carbocycles. The molecule has 0 atom stereocenters. The highest BCUT2D eigenvalue weighted by atomic mass is 79.9. The summed E-state index contributed by atoms with van der Waals surface area (Å²) in [4.78, 5) is 0. The molecule has 0 spiro atoms. The lowest BCUT2D eigenvalue weighted by molar-refractivity contribution is 0.604. The van der Waals surface area contributed by atoms with Gasteiger partial charge >= 0.3 is 0 Å². The fourth-order valence-electron chi connectivity index (χ4n) is 1.83. The SMILES string of the molecule is CCCNCCc1coc2c(Br)cc(Br)cc12. The van der Waals surface area contributed by atoms with Gasteiger partial charge in [-0.05, 0) is 59.6 Å². The van der Waals surface area contributed by atoms with Gasteiger partial charge in [-0.3, -0.25) is 0 Å². The van der Waals surface area contributed by atoms with Crippen LogP contribution in [-0.4, -0.2) is 13.1 Å². The summed E-state index contributed by atoms with van der Waals surface area (Å²) < 4.78 is 7.66. The van der Waals surface area contributed by atoms with E-state index in [0.29, 0.717) is 0 Å². The number of hydrogen-bond acceptors (Lipinski definition) is 2. The van der Waals surface area contributed by atoms with Crippen molar-refractivity contribution in [1.29, 1.82) is 0 Å². The molecule has 0 radical (unpaired) electrons. The van der Waals surface area contributed by atoms with Gasteiger partial charge < -0.3 is 9.73 Å². The Balaban J connectivity index is 2.18. The van der Waals surface area contributed by atoms with Gasteiger partial charge in [-0.2, -0.15) is 0 Å². The maximum atomic E-state index is 5.60. The second-order valence-corrected chi connectivity index (χ2v) is 5.80. The predicted octanol–water partition coefficient (Wildman–Crippen LogP) is 4.50. The zero-order valence-electron chi connectivity index (χ0n) is 9.72. The average Bonchev–Trinajstić information content (AvgIpc) is 2.68. The summed E-state index contributed by atoms with van der Waals surface area (Å²) in [5.41, 5.74) is 2.18. The first kappa shape index (κ1) is 13.1. The number of furan rings is 1.